The minimum atomic E-state index is 1.16. The predicted octanol–water partition coefficient (Wildman–Crippen LogP) is 37.6. The number of hydrogen-bond acceptors (Lipinski definition) is 0. The van der Waals surface area contributed by atoms with Gasteiger partial charge in [-0.15, -0.1) is 0 Å². The molecule has 0 radical (unpaired) electrons. The van der Waals surface area contributed by atoms with Crippen molar-refractivity contribution in [3.63, 3.8) is 0 Å². The molecule has 24 aromatic carbocycles. The lowest BCUT2D eigenvalue weighted by Gasteiger charge is -2.14. The molecule has 30 rings (SSSR count). The fourth-order valence-corrected chi connectivity index (χ4v) is 23.3. The molecule has 6 heterocycles. The lowest BCUT2D eigenvalue weighted by atomic mass is 10.0. The third-order valence-electron chi connectivity index (χ3n) is 30.0. The maximum absolute atomic E-state index is 2.43. The van der Waals surface area contributed by atoms with Gasteiger partial charge in [0.2, 0.25) is 0 Å². The number of para-hydroxylation sites is 9. The van der Waals surface area contributed by atoms with Crippen LogP contribution in [-0.2, 0) is 0 Å². The molecule has 0 N–H and O–H groups in total. The standard InChI is InChI=1S/C48H32N2.2C46H30N2/c1-3-15-33(16-4-1)37-19-7-11-23-43(37)49-45-25-13-9-21-39(45)41-31-35(27-29-47(41)49)36-28-30-48-42(32-36)40-22-10-14-26-46(40)50(48)44-24-12-8-20-38(44)34-17-5-2-6-18-34;1-2-13-31(14-3-1)35-18-6-9-21-41(35)47-43-22-10-7-19-37(43)39-29-33(25-27-45(39)47)34-26-28-46-40(30-34)38-20-8-11-23-44(38)48(46)42-24-12-16-32-15-4-5-17-36(32)42;1-2-10-31(11-3-1)33-18-23-37(24-19-33)47-43-16-8-6-14-39(43)41-29-35(21-26-45(41)47)36-22-27-46-42(30-36)40-15-7-9-17-44(40)48(46)38-25-20-32-12-4-5-13-34(32)28-38/h1-32H;2*1-30H. The first-order valence-corrected chi connectivity index (χ1v) is 50.3. The fraction of sp³-hybridized carbons (Fsp3) is 0. The summed E-state index contributed by atoms with van der Waals surface area (Å²) in [6.45, 7) is 0. The molecule has 0 atom stereocenters. The van der Waals surface area contributed by atoms with Crippen molar-refractivity contribution in [2.45, 2.75) is 0 Å². The van der Waals surface area contributed by atoms with Crippen molar-refractivity contribution >= 4 is 152 Å². The lowest BCUT2D eigenvalue weighted by molar-refractivity contribution is 1.18. The Morgan fingerprint density at radius 2 is 0.315 bits per heavy atom. The Morgan fingerprint density at radius 3 is 0.664 bits per heavy atom. The topological polar surface area (TPSA) is 29.6 Å². The number of nitrogens with zero attached hydrogens (tertiary/aromatic N) is 6. The first kappa shape index (κ1) is 84.7. The van der Waals surface area contributed by atoms with Crippen molar-refractivity contribution in [3.8, 4) is 112 Å². The van der Waals surface area contributed by atoms with Crippen LogP contribution in [-0.4, -0.2) is 27.4 Å². The molecule has 0 aliphatic heterocycles. The van der Waals surface area contributed by atoms with Crippen LogP contribution in [0.1, 0.15) is 0 Å². The number of hydrogen-bond donors (Lipinski definition) is 0. The maximum atomic E-state index is 2.43. The van der Waals surface area contributed by atoms with Gasteiger partial charge in [-0.2, -0.15) is 0 Å². The van der Waals surface area contributed by atoms with Crippen LogP contribution in [0.4, 0.5) is 0 Å². The third kappa shape index (κ3) is 14.3. The normalized spacial score (nSPS) is 11.7. The van der Waals surface area contributed by atoms with E-state index < -0.39 is 0 Å². The first-order chi connectivity index (χ1) is 72.5. The zero-order chi connectivity index (χ0) is 96.2. The Balaban J connectivity index is 0.000000106. The average Bonchev–Trinajstić information content (AvgIpc) is 1.58. The van der Waals surface area contributed by atoms with Crippen LogP contribution in [0.15, 0.2) is 558 Å². The van der Waals surface area contributed by atoms with E-state index in [2.05, 4.69) is 586 Å². The largest absolute Gasteiger partial charge is 0.309 e. The SMILES string of the molecule is c1ccc(-c2ccc(-n3c4ccccc4c4cc(-c5ccc6c(c5)c5ccccc5n6-c5ccc6ccccc6c5)ccc43)cc2)cc1.c1ccc(-c2ccccc2-n2c3ccccc3c3cc(-c4ccc5c(c4)c4ccccc4n5-c4cccc5ccccc45)ccc32)cc1.c1ccc(-c2ccccc2-n2c3ccccc3c3cc(-c4ccc5c(c4)c4ccccc4n5-c4ccccc4-c4ccccc4)ccc32)cc1. The van der Waals surface area contributed by atoms with Gasteiger partial charge < -0.3 is 27.4 Å². The molecule has 0 fully saturated rings. The van der Waals surface area contributed by atoms with Crippen molar-refractivity contribution in [1.29, 1.82) is 0 Å². The van der Waals surface area contributed by atoms with Gasteiger partial charge in [0, 0.05) is 98.1 Å². The second-order valence-electron chi connectivity index (χ2n) is 38.1. The van der Waals surface area contributed by atoms with Gasteiger partial charge in [-0.05, 0) is 235 Å². The van der Waals surface area contributed by atoms with Crippen molar-refractivity contribution in [1.82, 2.24) is 27.4 Å². The molecule has 0 aliphatic carbocycles. The molecular weight excluding hydrogens is 1770 g/mol. The summed E-state index contributed by atoms with van der Waals surface area (Å²) < 4.78 is 14.5. The van der Waals surface area contributed by atoms with Crippen LogP contribution < -0.4 is 0 Å². The highest BCUT2D eigenvalue weighted by molar-refractivity contribution is 6.18. The number of benzene rings is 24. The van der Waals surface area contributed by atoms with Gasteiger partial charge in [0.25, 0.3) is 0 Å². The van der Waals surface area contributed by atoms with Crippen LogP contribution >= 0.6 is 0 Å². The molecule has 30 aromatic rings. The predicted molar refractivity (Wildman–Crippen MR) is 618 cm³/mol. The van der Waals surface area contributed by atoms with Gasteiger partial charge >= 0.3 is 0 Å². The second kappa shape index (κ2) is 35.4. The average molecular weight is 1860 g/mol. The summed E-state index contributed by atoms with van der Waals surface area (Å²) in [5.74, 6) is 0. The molecule has 0 amide bonds. The molecule has 0 unspecified atom stereocenters. The lowest BCUT2D eigenvalue weighted by Crippen LogP contribution is -1.97. The summed E-state index contributed by atoms with van der Waals surface area (Å²) in [5.41, 5.74) is 38.7. The van der Waals surface area contributed by atoms with Crippen LogP contribution in [0.2, 0.25) is 0 Å². The molecule has 0 saturated carbocycles. The molecule has 6 heteroatoms. The van der Waals surface area contributed by atoms with E-state index in [1.807, 2.05) is 0 Å². The van der Waals surface area contributed by atoms with E-state index in [0.717, 1.165) is 5.69 Å². The second-order valence-corrected chi connectivity index (χ2v) is 38.1. The Morgan fingerprint density at radius 1 is 0.0959 bits per heavy atom. The fourth-order valence-electron chi connectivity index (χ4n) is 23.3. The summed E-state index contributed by atoms with van der Waals surface area (Å²) >= 11 is 0. The van der Waals surface area contributed by atoms with Crippen LogP contribution in [0.3, 0.4) is 0 Å². The van der Waals surface area contributed by atoms with Crippen LogP contribution in [0, 0.1) is 0 Å². The number of fused-ring (bicyclic) bond motifs is 20. The van der Waals surface area contributed by atoms with E-state index in [4.69, 9.17) is 0 Å². The Labute approximate surface area is 843 Å². The van der Waals surface area contributed by atoms with Crippen LogP contribution in [0.5, 0.6) is 0 Å². The third-order valence-corrected chi connectivity index (χ3v) is 30.0. The van der Waals surface area contributed by atoms with E-state index in [-0.39, 0.29) is 0 Å². The zero-order valence-corrected chi connectivity index (χ0v) is 79.8. The zero-order valence-electron chi connectivity index (χ0n) is 79.8. The highest BCUT2D eigenvalue weighted by Gasteiger charge is 2.25. The molecule has 0 saturated heterocycles. The molecule has 146 heavy (non-hydrogen) atoms. The molecule has 682 valence electrons. The molecule has 0 aliphatic rings. The van der Waals surface area contributed by atoms with Crippen LogP contribution in [0.25, 0.3) is 264 Å². The van der Waals surface area contributed by atoms with Gasteiger partial charge in [-0.1, -0.05) is 400 Å². The minimum absolute atomic E-state index is 1.16. The highest BCUT2D eigenvalue weighted by atomic mass is 15.0. The van der Waals surface area contributed by atoms with Crippen molar-refractivity contribution in [3.05, 3.63) is 558 Å². The maximum Gasteiger partial charge on any atom is 0.0541 e. The van der Waals surface area contributed by atoms with E-state index in [1.165, 1.54) is 259 Å². The summed E-state index contributed by atoms with van der Waals surface area (Å²) in [5, 5.41) is 20.1. The van der Waals surface area contributed by atoms with Gasteiger partial charge in [-0.3, -0.25) is 0 Å². The smallest absolute Gasteiger partial charge is 0.0541 e. The van der Waals surface area contributed by atoms with Gasteiger partial charge in [0.1, 0.15) is 0 Å². The first-order valence-electron chi connectivity index (χ1n) is 50.3. The molecular formula is C140H92N6. The Kier molecular flexibility index (Phi) is 20.5. The highest BCUT2D eigenvalue weighted by Crippen LogP contribution is 2.47. The molecule has 6 nitrogen and oxygen atoms in total. The summed E-state index contributed by atoms with van der Waals surface area (Å²) in [6, 6.07) is 203. The minimum Gasteiger partial charge on any atom is -0.309 e. The van der Waals surface area contributed by atoms with Gasteiger partial charge in [0.05, 0.1) is 88.9 Å². The van der Waals surface area contributed by atoms with E-state index >= 15 is 0 Å². The summed E-state index contributed by atoms with van der Waals surface area (Å²) in [7, 11) is 0. The number of aromatic nitrogens is 6. The monoisotopic (exact) mass is 1860 g/mol. The van der Waals surface area contributed by atoms with Crippen molar-refractivity contribution in [2.75, 3.05) is 0 Å². The van der Waals surface area contributed by atoms with E-state index in [9.17, 15) is 0 Å². The molecule has 6 aromatic heterocycles. The summed E-state index contributed by atoms with van der Waals surface area (Å²) in [6.07, 6.45) is 0. The van der Waals surface area contributed by atoms with E-state index in [1.54, 1.807) is 0 Å². The Bertz CT molecular complexity index is 10200. The van der Waals surface area contributed by atoms with Gasteiger partial charge in [-0.25, -0.2) is 0 Å². The number of rotatable bonds is 13. The Hall–Kier alpha value is -19.4. The van der Waals surface area contributed by atoms with Crippen molar-refractivity contribution in [2.24, 2.45) is 0 Å². The summed E-state index contributed by atoms with van der Waals surface area (Å²) in [4.78, 5) is 0. The van der Waals surface area contributed by atoms with E-state index in [0.29, 0.717) is 0 Å². The quantitative estimate of drug-likeness (QED) is 0.110. The van der Waals surface area contributed by atoms with Crippen molar-refractivity contribution < 1.29 is 0 Å². The molecule has 0 bridgehead atoms. The molecule has 0 spiro atoms. The van der Waals surface area contributed by atoms with Gasteiger partial charge in [0.15, 0.2) is 0 Å².